The van der Waals surface area contributed by atoms with E-state index in [0.29, 0.717) is 27.8 Å². The van der Waals surface area contributed by atoms with Crippen molar-refractivity contribution in [2.75, 3.05) is 24.8 Å². The molecular formula is C27H26FIN6O5. The van der Waals surface area contributed by atoms with Gasteiger partial charge >= 0.3 is 11.7 Å². The molecule has 1 fully saturated rings. The van der Waals surface area contributed by atoms with Gasteiger partial charge in [0.2, 0.25) is 0 Å². The fourth-order valence-corrected chi connectivity index (χ4v) is 5.03. The monoisotopic (exact) mass is 660 g/mol. The summed E-state index contributed by atoms with van der Waals surface area (Å²) in [5.41, 5.74) is -0.636. The van der Waals surface area contributed by atoms with Crippen LogP contribution in [0.3, 0.4) is 0 Å². The molecule has 2 aromatic carbocycles. The van der Waals surface area contributed by atoms with E-state index < -0.39 is 28.7 Å². The first kappa shape index (κ1) is 27.6. The highest BCUT2D eigenvalue weighted by molar-refractivity contribution is 14.1. The quantitative estimate of drug-likeness (QED) is 0.239. The predicted molar refractivity (Wildman–Crippen MR) is 158 cm³/mol. The van der Waals surface area contributed by atoms with E-state index in [4.69, 9.17) is 4.84 Å². The molecular weight excluding hydrogens is 634 g/mol. The lowest BCUT2D eigenvalue weighted by Gasteiger charge is -2.21. The van der Waals surface area contributed by atoms with Gasteiger partial charge in [-0.1, -0.05) is 6.07 Å². The van der Waals surface area contributed by atoms with Gasteiger partial charge in [0, 0.05) is 35.0 Å². The molecule has 2 heterocycles. The van der Waals surface area contributed by atoms with Crippen molar-refractivity contribution < 1.29 is 14.0 Å². The van der Waals surface area contributed by atoms with E-state index in [1.54, 1.807) is 30.3 Å². The summed E-state index contributed by atoms with van der Waals surface area (Å²) in [6, 6.07) is 10.2. The van der Waals surface area contributed by atoms with Gasteiger partial charge in [0.25, 0.3) is 11.1 Å². The van der Waals surface area contributed by atoms with E-state index in [1.165, 1.54) is 54.0 Å². The highest BCUT2D eigenvalue weighted by Crippen LogP contribution is 2.34. The third kappa shape index (κ3) is 4.79. The molecule has 0 aliphatic heterocycles. The minimum absolute atomic E-state index is 0.0602. The number of pyridine rings is 1. The van der Waals surface area contributed by atoms with Crippen molar-refractivity contribution in [3.63, 3.8) is 0 Å². The molecule has 2 N–H and O–H groups in total. The number of nitrogens with one attached hydrogen (secondary N) is 2. The zero-order valence-corrected chi connectivity index (χ0v) is 24.3. The smallest absolute Gasteiger partial charge is 0.338 e. The molecule has 1 saturated carbocycles. The number of fused-ring (bicyclic) bond motifs is 1. The maximum absolute atomic E-state index is 14.9. The molecule has 13 heteroatoms. The van der Waals surface area contributed by atoms with Crippen LogP contribution in [0.15, 0.2) is 56.8 Å². The Balaban J connectivity index is 1.82. The number of nitrogens with zero attached hydrogens (tertiary/aromatic N) is 4. The average molecular weight is 660 g/mol. The van der Waals surface area contributed by atoms with Gasteiger partial charge in [0.1, 0.15) is 17.0 Å². The lowest BCUT2D eigenvalue weighted by Crippen LogP contribution is -2.41. The summed E-state index contributed by atoms with van der Waals surface area (Å²) >= 11 is 1.99. The fraction of sp³-hybridized carbons (Fsp3) is 0.259. The molecule has 1 aliphatic rings. The third-order valence-electron chi connectivity index (χ3n) is 6.86. The highest BCUT2D eigenvalue weighted by atomic mass is 127. The summed E-state index contributed by atoms with van der Waals surface area (Å²) in [6.45, 7) is 1.54. The normalized spacial score (nSPS) is 12.9. The Morgan fingerprint density at radius 3 is 2.50 bits per heavy atom. The maximum atomic E-state index is 14.9. The van der Waals surface area contributed by atoms with Gasteiger partial charge in [-0.3, -0.25) is 28.1 Å². The number of amides is 2. The summed E-state index contributed by atoms with van der Waals surface area (Å²) in [5.74, 6) is -0.501. The van der Waals surface area contributed by atoms with E-state index >= 15 is 0 Å². The SMILES string of the molecule is CON(C)C(=O)Nc1cccc(-n2c(=O)n(C3CC3)c(=O)c3c(Nc4ccc(I)cc4F)n(C)c(=O)c(C)c32)c1. The highest BCUT2D eigenvalue weighted by Gasteiger charge is 2.31. The molecule has 4 aromatic rings. The standard InChI is InChI=1S/C27H26FIN6O5/c1-14-22-21(23(32(2)24(14)36)31-20-11-8-15(29)12-19(20)28)25(37)35(17-9-10-17)27(39)34(22)18-7-5-6-16(13-18)30-26(38)33(3)40-4/h5-8,11-13,17,31H,9-10H2,1-4H3,(H,30,38). The van der Waals surface area contributed by atoms with E-state index in [1.807, 2.05) is 22.6 Å². The predicted octanol–water partition coefficient (Wildman–Crippen LogP) is 4.01. The Labute approximate surface area is 240 Å². The molecule has 0 unspecified atom stereocenters. The van der Waals surface area contributed by atoms with Crippen molar-refractivity contribution in [3.05, 3.63) is 88.6 Å². The molecule has 0 spiro atoms. The summed E-state index contributed by atoms with van der Waals surface area (Å²) in [5, 5.41) is 6.68. The number of hydrogen-bond acceptors (Lipinski definition) is 6. The largest absolute Gasteiger partial charge is 0.345 e. The van der Waals surface area contributed by atoms with Crippen LogP contribution in [0.1, 0.15) is 24.4 Å². The topological polar surface area (TPSA) is 120 Å². The number of hydrogen-bond donors (Lipinski definition) is 2. The van der Waals surface area contributed by atoms with Crippen LogP contribution in [0.2, 0.25) is 0 Å². The second kappa shape index (κ2) is 10.5. The fourth-order valence-electron chi connectivity index (χ4n) is 4.58. The van der Waals surface area contributed by atoms with Crippen molar-refractivity contribution in [2.24, 2.45) is 7.05 Å². The second-order valence-corrected chi connectivity index (χ2v) is 10.7. The minimum atomic E-state index is -0.611. The first-order valence-corrected chi connectivity index (χ1v) is 13.4. The van der Waals surface area contributed by atoms with Crippen LogP contribution in [0, 0.1) is 16.3 Å². The lowest BCUT2D eigenvalue weighted by molar-refractivity contribution is -0.0598. The molecule has 0 atom stereocenters. The molecule has 11 nitrogen and oxygen atoms in total. The number of aromatic nitrogens is 3. The number of carbonyl (C=O) groups excluding carboxylic acids is 1. The van der Waals surface area contributed by atoms with Crippen molar-refractivity contribution >= 4 is 56.7 Å². The number of aryl methyl sites for hydroxylation is 1. The Morgan fingerprint density at radius 1 is 1.12 bits per heavy atom. The van der Waals surface area contributed by atoms with Crippen molar-refractivity contribution in [2.45, 2.75) is 25.8 Å². The molecule has 40 heavy (non-hydrogen) atoms. The van der Waals surface area contributed by atoms with Crippen LogP contribution < -0.4 is 27.4 Å². The third-order valence-corrected chi connectivity index (χ3v) is 7.53. The van der Waals surface area contributed by atoms with E-state index in [0.717, 1.165) is 5.06 Å². The summed E-state index contributed by atoms with van der Waals surface area (Å²) in [6.07, 6.45) is 1.30. The van der Waals surface area contributed by atoms with E-state index in [9.17, 15) is 23.6 Å². The van der Waals surface area contributed by atoms with Crippen LogP contribution in [-0.2, 0) is 11.9 Å². The number of rotatable bonds is 6. The minimum Gasteiger partial charge on any atom is -0.338 e. The van der Waals surface area contributed by atoms with Crippen molar-refractivity contribution in [3.8, 4) is 5.69 Å². The van der Waals surface area contributed by atoms with Gasteiger partial charge in [-0.05, 0) is 78.8 Å². The molecule has 0 bridgehead atoms. The number of carbonyl (C=O) groups is 1. The van der Waals surface area contributed by atoms with Gasteiger partial charge in [0.05, 0.1) is 24.0 Å². The Hall–Kier alpha value is -3.98. The van der Waals surface area contributed by atoms with Crippen LogP contribution in [-0.4, -0.2) is 39.0 Å². The maximum Gasteiger partial charge on any atom is 0.345 e. The molecule has 208 valence electrons. The van der Waals surface area contributed by atoms with Gasteiger partial charge in [-0.25, -0.2) is 19.0 Å². The van der Waals surface area contributed by atoms with Crippen LogP contribution in [0.25, 0.3) is 16.6 Å². The Bertz CT molecular complexity index is 1860. The summed E-state index contributed by atoms with van der Waals surface area (Å²) in [7, 11) is 4.27. The average Bonchev–Trinajstić information content (AvgIpc) is 3.76. The molecule has 2 amide bonds. The van der Waals surface area contributed by atoms with Crippen molar-refractivity contribution in [1.29, 1.82) is 0 Å². The van der Waals surface area contributed by atoms with Crippen LogP contribution in [0.4, 0.5) is 26.4 Å². The lowest BCUT2D eigenvalue weighted by atomic mass is 10.1. The van der Waals surface area contributed by atoms with Gasteiger partial charge < -0.3 is 10.6 Å². The molecule has 0 radical (unpaired) electrons. The van der Waals surface area contributed by atoms with Crippen LogP contribution in [0.5, 0.6) is 0 Å². The Kier molecular flexibility index (Phi) is 7.27. The van der Waals surface area contributed by atoms with E-state index in [-0.39, 0.29) is 34.0 Å². The number of anilines is 3. The number of urea groups is 1. The Morgan fingerprint density at radius 2 is 1.85 bits per heavy atom. The van der Waals surface area contributed by atoms with Gasteiger partial charge in [-0.2, -0.15) is 0 Å². The van der Waals surface area contributed by atoms with Crippen molar-refractivity contribution in [1.82, 2.24) is 18.8 Å². The number of hydroxylamine groups is 2. The van der Waals surface area contributed by atoms with Crippen LogP contribution >= 0.6 is 22.6 Å². The van der Waals surface area contributed by atoms with Gasteiger partial charge in [-0.15, -0.1) is 0 Å². The zero-order valence-electron chi connectivity index (χ0n) is 22.1. The first-order valence-electron chi connectivity index (χ1n) is 12.4. The zero-order chi connectivity index (χ0) is 28.9. The second-order valence-electron chi connectivity index (χ2n) is 9.50. The summed E-state index contributed by atoms with van der Waals surface area (Å²) in [4.78, 5) is 58.5. The molecule has 0 saturated heterocycles. The molecule has 1 aliphatic carbocycles. The molecule has 2 aromatic heterocycles. The summed E-state index contributed by atoms with van der Waals surface area (Å²) < 4.78 is 19.3. The number of benzene rings is 2. The van der Waals surface area contributed by atoms with E-state index in [2.05, 4.69) is 10.6 Å². The first-order chi connectivity index (χ1) is 19.0. The van der Waals surface area contributed by atoms with Gasteiger partial charge in [0.15, 0.2) is 0 Å². The molecule has 5 rings (SSSR count). The number of halogens is 2.